The van der Waals surface area contributed by atoms with E-state index in [-0.39, 0.29) is 24.3 Å². The Bertz CT molecular complexity index is 458. The van der Waals surface area contributed by atoms with Crippen molar-refractivity contribution in [3.8, 4) is 0 Å². The van der Waals surface area contributed by atoms with E-state index in [4.69, 9.17) is 11.6 Å². The summed E-state index contributed by atoms with van der Waals surface area (Å²) >= 11 is 6.01. The van der Waals surface area contributed by atoms with E-state index in [1.807, 2.05) is 19.0 Å². The highest BCUT2D eigenvalue weighted by Gasteiger charge is 2.30. The molecule has 1 fully saturated rings. The van der Waals surface area contributed by atoms with Gasteiger partial charge in [0.15, 0.2) is 0 Å². The van der Waals surface area contributed by atoms with E-state index in [1.165, 1.54) is 6.07 Å². The number of nitrogens with zero attached hydrogens (tertiary/aromatic N) is 2. The van der Waals surface area contributed by atoms with Gasteiger partial charge in [0.1, 0.15) is 5.82 Å². The average Bonchev–Trinajstić information content (AvgIpc) is 2.35. The molecule has 1 aromatic carbocycles. The van der Waals surface area contributed by atoms with E-state index in [9.17, 15) is 9.18 Å². The second-order valence-corrected chi connectivity index (χ2v) is 5.49. The third-order valence-corrected chi connectivity index (χ3v) is 3.89. The molecule has 0 spiro atoms. The smallest absolute Gasteiger partial charge is 0.240 e. The summed E-state index contributed by atoms with van der Waals surface area (Å²) in [6.07, 6.45) is 1.79. The van der Waals surface area contributed by atoms with Crippen molar-refractivity contribution >= 4 is 17.5 Å². The number of likely N-dealkylation sites (N-methyl/N-ethyl adjacent to an activating group) is 1. The molecule has 0 N–H and O–H groups in total. The van der Waals surface area contributed by atoms with Crippen LogP contribution in [0.15, 0.2) is 18.2 Å². The van der Waals surface area contributed by atoms with Crippen molar-refractivity contribution in [3.63, 3.8) is 0 Å². The van der Waals surface area contributed by atoms with Crippen molar-refractivity contribution in [1.82, 2.24) is 9.80 Å². The van der Waals surface area contributed by atoms with Crippen molar-refractivity contribution < 1.29 is 9.18 Å². The van der Waals surface area contributed by atoms with Crippen LogP contribution < -0.4 is 0 Å². The molecule has 104 valence electrons. The van der Waals surface area contributed by atoms with Crippen molar-refractivity contribution in [1.29, 1.82) is 0 Å². The quantitative estimate of drug-likeness (QED) is 0.852. The third kappa shape index (κ3) is 3.07. The number of piperidine rings is 1. The minimum atomic E-state index is -0.354. The van der Waals surface area contributed by atoms with Crippen LogP contribution in [0.2, 0.25) is 5.02 Å². The van der Waals surface area contributed by atoms with Gasteiger partial charge >= 0.3 is 0 Å². The van der Waals surface area contributed by atoms with Crippen LogP contribution in [0.1, 0.15) is 18.4 Å². The predicted molar refractivity (Wildman–Crippen MR) is 73.5 cm³/mol. The zero-order valence-electron chi connectivity index (χ0n) is 11.2. The normalized spacial score (nSPS) is 20.2. The summed E-state index contributed by atoms with van der Waals surface area (Å²) < 4.78 is 13.8. The summed E-state index contributed by atoms with van der Waals surface area (Å²) in [6, 6.07) is 4.48. The molecule has 1 aliphatic heterocycles. The molecule has 1 heterocycles. The first kappa shape index (κ1) is 14.3. The first-order chi connectivity index (χ1) is 9.00. The zero-order valence-corrected chi connectivity index (χ0v) is 12.0. The maximum atomic E-state index is 13.8. The van der Waals surface area contributed by atoms with Crippen LogP contribution >= 0.6 is 11.6 Å². The Kier molecular flexibility index (Phi) is 4.42. The minimum absolute atomic E-state index is 0.0515. The van der Waals surface area contributed by atoms with E-state index in [0.29, 0.717) is 17.1 Å². The Labute approximate surface area is 117 Å². The van der Waals surface area contributed by atoms with Crippen LogP contribution in [0.3, 0.4) is 0 Å². The number of likely N-dealkylation sites (tertiary alicyclic amines) is 1. The fourth-order valence-corrected chi connectivity index (χ4v) is 2.65. The molecule has 0 unspecified atom stereocenters. The van der Waals surface area contributed by atoms with Gasteiger partial charge in [-0.2, -0.15) is 0 Å². The summed E-state index contributed by atoms with van der Waals surface area (Å²) in [7, 11) is 3.78. The molecule has 2 rings (SSSR count). The second-order valence-electron chi connectivity index (χ2n) is 5.08. The predicted octanol–water partition coefficient (Wildman–Crippen LogP) is 2.53. The molecule has 1 atom stereocenters. The Morgan fingerprint density at radius 2 is 2.21 bits per heavy atom. The average molecular weight is 285 g/mol. The van der Waals surface area contributed by atoms with E-state index < -0.39 is 0 Å². The zero-order chi connectivity index (χ0) is 14.0. The third-order valence-electron chi connectivity index (χ3n) is 3.54. The first-order valence-corrected chi connectivity index (χ1v) is 6.76. The molecule has 1 saturated heterocycles. The first-order valence-electron chi connectivity index (χ1n) is 6.39. The molecule has 5 heteroatoms. The van der Waals surface area contributed by atoms with Gasteiger partial charge in [-0.25, -0.2) is 4.39 Å². The van der Waals surface area contributed by atoms with Crippen molar-refractivity contribution in [2.24, 2.45) is 0 Å². The van der Waals surface area contributed by atoms with Gasteiger partial charge in [0.25, 0.3) is 0 Å². The van der Waals surface area contributed by atoms with Gasteiger partial charge < -0.3 is 4.90 Å². The number of halogens is 2. The van der Waals surface area contributed by atoms with Gasteiger partial charge in [-0.05, 0) is 39.1 Å². The summed E-state index contributed by atoms with van der Waals surface area (Å²) in [5, 5.41) is 0.375. The van der Waals surface area contributed by atoms with Crippen LogP contribution in [0.4, 0.5) is 4.39 Å². The molecule has 0 radical (unpaired) electrons. The minimum Gasteiger partial charge on any atom is -0.337 e. The van der Waals surface area contributed by atoms with Gasteiger partial charge in [-0.15, -0.1) is 0 Å². The Morgan fingerprint density at radius 3 is 2.84 bits per heavy atom. The number of carbonyl (C=O) groups is 1. The fourth-order valence-electron chi connectivity index (χ4n) is 2.43. The lowest BCUT2D eigenvalue weighted by atomic mass is 10.0. The van der Waals surface area contributed by atoms with Gasteiger partial charge in [-0.3, -0.25) is 9.69 Å². The maximum Gasteiger partial charge on any atom is 0.240 e. The Hall–Kier alpha value is -1.13. The molecule has 0 saturated carbocycles. The summed E-state index contributed by atoms with van der Waals surface area (Å²) in [4.78, 5) is 15.9. The molecule has 0 aromatic heterocycles. The van der Waals surface area contributed by atoms with E-state index in [2.05, 4.69) is 0 Å². The number of hydrogen-bond donors (Lipinski definition) is 0. The standard InChI is InChI=1S/C14H18ClFN2O/c1-17(2)13-7-4-8-18(14(13)19)9-10-11(15)5-3-6-12(10)16/h3,5-6,13H,4,7-9H2,1-2H3/t13-/m1/s1. The molecular weight excluding hydrogens is 267 g/mol. The SMILES string of the molecule is CN(C)[C@@H]1CCCN(Cc2c(F)cccc2Cl)C1=O. The number of hydrogen-bond acceptors (Lipinski definition) is 2. The summed E-state index contributed by atoms with van der Waals surface area (Å²) in [6.45, 7) is 0.905. The Balaban J connectivity index is 2.16. The molecule has 1 aromatic rings. The number of amides is 1. The molecule has 0 aliphatic carbocycles. The largest absolute Gasteiger partial charge is 0.337 e. The van der Waals surface area contributed by atoms with Crippen molar-refractivity contribution in [2.45, 2.75) is 25.4 Å². The van der Waals surface area contributed by atoms with Gasteiger partial charge in [-0.1, -0.05) is 17.7 Å². The Morgan fingerprint density at radius 1 is 1.47 bits per heavy atom. The molecule has 0 bridgehead atoms. The highest BCUT2D eigenvalue weighted by molar-refractivity contribution is 6.31. The monoisotopic (exact) mass is 284 g/mol. The van der Waals surface area contributed by atoms with Crippen LogP contribution in [0, 0.1) is 5.82 Å². The fraction of sp³-hybridized carbons (Fsp3) is 0.500. The lowest BCUT2D eigenvalue weighted by molar-refractivity contribution is -0.139. The van der Waals surface area contributed by atoms with Gasteiger partial charge in [0.2, 0.25) is 5.91 Å². The van der Waals surface area contributed by atoms with Crippen LogP contribution in [0.25, 0.3) is 0 Å². The van der Waals surface area contributed by atoms with Crippen molar-refractivity contribution in [3.05, 3.63) is 34.6 Å². The molecule has 1 aliphatic rings. The summed E-state index contributed by atoms with van der Waals surface area (Å²) in [5.41, 5.74) is 0.400. The molecule has 3 nitrogen and oxygen atoms in total. The topological polar surface area (TPSA) is 23.6 Å². The molecular formula is C14H18ClFN2O. The lowest BCUT2D eigenvalue weighted by Gasteiger charge is -2.35. The number of benzene rings is 1. The highest BCUT2D eigenvalue weighted by atomic mass is 35.5. The van der Waals surface area contributed by atoms with Crippen LogP contribution in [0.5, 0.6) is 0 Å². The summed E-state index contributed by atoms with van der Waals surface area (Å²) in [5.74, 6) is -0.303. The highest BCUT2D eigenvalue weighted by Crippen LogP contribution is 2.24. The van der Waals surface area contributed by atoms with E-state index in [1.54, 1.807) is 17.0 Å². The van der Waals surface area contributed by atoms with Crippen molar-refractivity contribution in [2.75, 3.05) is 20.6 Å². The van der Waals surface area contributed by atoms with E-state index >= 15 is 0 Å². The van der Waals surface area contributed by atoms with Crippen LogP contribution in [-0.2, 0) is 11.3 Å². The van der Waals surface area contributed by atoms with Gasteiger partial charge in [0, 0.05) is 17.1 Å². The molecule has 19 heavy (non-hydrogen) atoms. The lowest BCUT2D eigenvalue weighted by Crippen LogP contribution is -2.49. The van der Waals surface area contributed by atoms with E-state index in [0.717, 1.165) is 12.8 Å². The maximum absolute atomic E-state index is 13.8. The van der Waals surface area contributed by atoms with Crippen LogP contribution in [-0.4, -0.2) is 42.4 Å². The number of rotatable bonds is 3. The molecule has 1 amide bonds. The van der Waals surface area contributed by atoms with Gasteiger partial charge in [0.05, 0.1) is 12.6 Å². The number of carbonyl (C=O) groups excluding carboxylic acids is 1. The second kappa shape index (κ2) is 5.88.